The zero-order valence-corrected chi connectivity index (χ0v) is 16.1. The molecule has 3 aromatic heterocycles. The van der Waals surface area contributed by atoms with Crippen molar-refractivity contribution in [3.8, 4) is 11.4 Å². The number of hydrogen-bond donors (Lipinski definition) is 3. The van der Waals surface area contributed by atoms with E-state index >= 15 is 0 Å². The van der Waals surface area contributed by atoms with Crippen LogP contribution >= 0.6 is 11.6 Å². The molecule has 148 valence electrons. The van der Waals surface area contributed by atoms with E-state index in [1.165, 1.54) is 6.20 Å². The fourth-order valence-electron chi connectivity index (χ4n) is 3.69. The van der Waals surface area contributed by atoms with Crippen molar-refractivity contribution in [2.45, 2.75) is 12.8 Å². The number of hydrogen-bond acceptors (Lipinski definition) is 6. The largest absolute Gasteiger partial charge is 0.395 e. The van der Waals surface area contributed by atoms with Gasteiger partial charge in [-0.2, -0.15) is 0 Å². The van der Waals surface area contributed by atoms with Gasteiger partial charge in [0.2, 0.25) is 0 Å². The summed E-state index contributed by atoms with van der Waals surface area (Å²) in [6.07, 6.45) is 6.64. The predicted octanol–water partition coefficient (Wildman–Crippen LogP) is 2.93. The van der Waals surface area contributed by atoms with Crippen molar-refractivity contribution in [2.24, 2.45) is 5.92 Å². The lowest BCUT2D eigenvalue weighted by Gasteiger charge is -2.32. The number of aliphatic hydroxyl groups excluding tert-OH is 1. The van der Waals surface area contributed by atoms with Crippen molar-refractivity contribution in [1.29, 1.82) is 0 Å². The van der Waals surface area contributed by atoms with Gasteiger partial charge in [0, 0.05) is 43.0 Å². The van der Waals surface area contributed by atoms with E-state index in [0.29, 0.717) is 35.5 Å². The fourth-order valence-corrected chi connectivity index (χ4v) is 3.85. The van der Waals surface area contributed by atoms with E-state index in [1.54, 1.807) is 18.5 Å². The molecule has 28 heavy (non-hydrogen) atoms. The minimum atomic E-state index is -0.484. The second kappa shape index (κ2) is 8.38. The van der Waals surface area contributed by atoms with Crippen molar-refractivity contribution in [1.82, 2.24) is 24.8 Å². The zero-order chi connectivity index (χ0) is 19.5. The standard InChI is InChI=1S/C19H22ClFN6O/c20-13-6-14-15(9-24-17(14)23-8-13)18-25-10-16(21)19(26-18)22-7-12-2-1-3-27(11-12)4-5-28/h6,8-10,12,28H,1-5,7,11H2,(H,23,24)(H,22,25,26)/t12-/m0/s1. The molecule has 1 atom stereocenters. The lowest BCUT2D eigenvalue weighted by molar-refractivity contribution is 0.144. The maximum absolute atomic E-state index is 14.3. The van der Waals surface area contributed by atoms with E-state index in [4.69, 9.17) is 16.7 Å². The van der Waals surface area contributed by atoms with Gasteiger partial charge in [-0.25, -0.2) is 19.3 Å². The maximum Gasteiger partial charge on any atom is 0.183 e. The number of fused-ring (bicyclic) bond motifs is 1. The number of β-amino-alcohol motifs (C(OH)–C–C–N with tert-alkyl or cyclic N) is 1. The first-order chi connectivity index (χ1) is 13.6. The molecule has 0 amide bonds. The van der Waals surface area contributed by atoms with E-state index in [-0.39, 0.29) is 12.4 Å². The van der Waals surface area contributed by atoms with Gasteiger partial charge < -0.3 is 20.3 Å². The average Bonchev–Trinajstić information content (AvgIpc) is 3.11. The SMILES string of the molecule is OCCN1CCC[C@@H](CNc2nc(-c3c[nH]c4ncc(Cl)cc34)ncc2F)C1. The summed E-state index contributed by atoms with van der Waals surface area (Å²) >= 11 is 6.05. The highest BCUT2D eigenvalue weighted by molar-refractivity contribution is 6.31. The van der Waals surface area contributed by atoms with E-state index in [2.05, 4.69) is 30.2 Å². The average molecular weight is 405 g/mol. The molecule has 0 bridgehead atoms. The summed E-state index contributed by atoms with van der Waals surface area (Å²) in [4.78, 5) is 18.1. The Balaban J connectivity index is 1.52. The zero-order valence-electron chi connectivity index (χ0n) is 15.3. The highest BCUT2D eigenvalue weighted by Gasteiger charge is 2.20. The molecule has 9 heteroatoms. The van der Waals surface area contributed by atoms with Crippen LogP contribution in [0.5, 0.6) is 0 Å². The Labute approximate surface area is 167 Å². The van der Waals surface area contributed by atoms with Gasteiger partial charge in [0.25, 0.3) is 0 Å². The van der Waals surface area contributed by atoms with Crippen LogP contribution in [-0.2, 0) is 0 Å². The minimum absolute atomic E-state index is 0.160. The minimum Gasteiger partial charge on any atom is -0.395 e. The third kappa shape index (κ3) is 4.09. The Bertz CT molecular complexity index is 963. The molecule has 0 unspecified atom stereocenters. The van der Waals surface area contributed by atoms with Crippen LogP contribution in [0.2, 0.25) is 5.02 Å². The lowest BCUT2D eigenvalue weighted by Crippen LogP contribution is -2.39. The number of nitrogens with one attached hydrogen (secondary N) is 2. The van der Waals surface area contributed by atoms with Crippen molar-refractivity contribution in [2.75, 3.05) is 38.1 Å². The molecule has 3 N–H and O–H groups in total. The Kier molecular flexibility index (Phi) is 5.70. The summed E-state index contributed by atoms with van der Waals surface area (Å²) in [7, 11) is 0. The van der Waals surface area contributed by atoms with Crippen LogP contribution in [-0.4, -0.2) is 62.7 Å². The molecule has 1 fully saturated rings. The molecule has 1 saturated heterocycles. The summed E-state index contributed by atoms with van der Waals surface area (Å²) in [5, 5.41) is 13.6. The Morgan fingerprint density at radius 1 is 1.36 bits per heavy atom. The van der Waals surface area contributed by atoms with Gasteiger partial charge >= 0.3 is 0 Å². The topological polar surface area (TPSA) is 90.0 Å². The Hall–Kier alpha value is -2.29. The van der Waals surface area contributed by atoms with Crippen molar-refractivity contribution < 1.29 is 9.50 Å². The van der Waals surface area contributed by atoms with Crippen LogP contribution in [0.1, 0.15) is 12.8 Å². The lowest BCUT2D eigenvalue weighted by atomic mass is 9.98. The van der Waals surface area contributed by atoms with Crippen molar-refractivity contribution in [3.05, 3.63) is 35.5 Å². The van der Waals surface area contributed by atoms with Gasteiger partial charge in [0.15, 0.2) is 17.5 Å². The number of likely N-dealkylation sites (tertiary alicyclic amines) is 1. The molecule has 3 aromatic rings. The molecule has 0 aromatic carbocycles. The number of halogens is 2. The molecular formula is C19H22ClFN6O. The molecule has 4 rings (SSSR count). The maximum atomic E-state index is 14.3. The summed E-state index contributed by atoms with van der Waals surface area (Å²) < 4.78 is 14.3. The van der Waals surface area contributed by atoms with Gasteiger partial charge in [0.1, 0.15) is 5.65 Å². The smallest absolute Gasteiger partial charge is 0.183 e. The fraction of sp³-hybridized carbons (Fsp3) is 0.421. The first-order valence-corrected chi connectivity index (χ1v) is 9.74. The predicted molar refractivity (Wildman–Crippen MR) is 107 cm³/mol. The third-order valence-corrected chi connectivity index (χ3v) is 5.27. The summed E-state index contributed by atoms with van der Waals surface area (Å²) in [6.45, 7) is 3.35. The molecular weight excluding hydrogens is 383 g/mol. The van der Waals surface area contributed by atoms with Crippen LogP contribution < -0.4 is 5.32 Å². The molecule has 0 radical (unpaired) electrons. The number of pyridine rings is 1. The highest BCUT2D eigenvalue weighted by Crippen LogP contribution is 2.28. The normalized spacial score (nSPS) is 17.9. The number of aromatic nitrogens is 4. The van der Waals surface area contributed by atoms with Gasteiger partial charge in [-0.05, 0) is 31.4 Å². The number of nitrogens with zero attached hydrogens (tertiary/aromatic N) is 4. The van der Waals surface area contributed by atoms with Gasteiger partial charge in [-0.1, -0.05) is 11.6 Å². The first-order valence-electron chi connectivity index (χ1n) is 9.36. The Morgan fingerprint density at radius 2 is 2.25 bits per heavy atom. The molecule has 0 spiro atoms. The van der Waals surface area contributed by atoms with Gasteiger partial charge in [-0.3, -0.25) is 0 Å². The number of rotatable bonds is 6. The van der Waals surface area contributed by atoms with E-state index in [9.17, 15) is 4.39 Å². The van der Waals surface area contributed by atoms with Gasteiger partial charge in [-0.15, -0.1) is 0 Å². The van der Waals surface area contributed by atoms with Crippen LogP contribution in [0.3, 0.4) is 0 Å². The number of aromatic amines is 1. The first kappa shape index (κ1) is 19.0. The second-order valence-electron chi connectivity index (χ2n) is 7.06. The molecule has 4 heterocycles. The second-order valence-corrected chi connectivity index (χ2v) is 7.49. The van der Waals surface area contributed by atoms with Crippen LogP contribution in [0.15, 0.2) is 24.7 Å². The third-order valence-electron chi connectivity index (χ3n) is 5.06. The molecule has 1 aliphatic rings. The van der Waals surface area contributed by atoms with Crippen molar-refractivity contribution >= 4 is 28.5 Å². The Morgan fingerprint density at radius 3 is 3.11 bits per heavy atom. The number of H-pyrrole nitrogens is 1. The summed E-state index contributed by atoms with van der Waals surface area (Å²) in [6, 6.07) is 1.79. The quantitative estimate of drug-likeness (QED) is 0.585. The summed E-state index contributed by atoms with van der Waals surface area (Å²) in [5.74, 6) is 0.496. The number of anilines is 1. The van der Waals surface area contributed by atoms with Crippen LogP contribution in [0.4, 0.5) is 10.2 Å². The summed E-state index contributed by atoms with van der Waals surface area (Å²) in [5.41, 5.74) is 1.40. The van der Waals surface area contributed by atoms with Crippen molar-refractivity contribution in [3.63, 3.8) is 0 Å². The van der Waals surface area contributed by atoms with Crippen LogP contribution in [0, 0.1) is 11.7 Å². The molecule has 1 aliphatic heterocycles. The van der Waals surface area contributed by atoms with E-state index in [1.807, 2.05) is 0 Å². The van der Waals surface area contributed by atoms with E-state index in [0.717, 1.165) is 36.9 Å². The molecule has 0 saturated carbocycles. The van der Waals surface area contributed by atoms with Crippen LogP contribution in [0.25, 0.3) is 22.4 Å². The van der Waals surface area contributed by atoms with E-state index < -0.39 is 5.82 Å². The number of piperidine rings is 1. The van der Waals surface area contributed by atoms with Gasteiger partial charge in [0.05, 0.1) is 17.8 Å². The number of aliphatic hydroxyl groups is 1. The highest BCUT2D eigenvalue weighted by atomic mass is 35.5. The molecule has 0 aliphatic carbocycles. The molecule has 7 nitrogen and oxygen atoms in total. The monoisotopic (exact) mass is 404 g/mol.